The summed E-state index contributed by atoms with van der Waals surface area (Å²) in [7, 11) is -29.8. The van der Waals surface area contributed by atoms with Crippen LogP contribution in [0.4, 0.5) is 45.8 Å². The van der Waals surface area contributed by atoms with E-state index in [0.717, 1.165) is 30.3 Å². The molecule has 27 nitrogen and oxygen atoms in total. The number of rotatable bonds is 16. The van der Waals surface area contributed by atoms with Crippen molar-refractivity contribution in [2.45, 2.75) is 31.4 Å². The topological polar surface area (TPSA) is 451 Å². The number of aromatic amines is 2. The molecule has 6 aromatic carbocycles. The Balaban J connectivity index is 0.00000416. The van der Waals surface area contributed by atoms with Crippen LogP contribution in [0.2, 0.25) is 0 Å². The van der Waals surface area contributed by atoms with Crippen LogP contribution < -0.4 is 164 Å². The van der Waals surface area contributed by atoms with Crippen molar-refractivity contribution < 1.29 is 221 Å². The van der Waals surface area contributed by atoms with E-state index in [4.69, 9.17) is 0 Å². The van der Waals surface area contributed by atoms with Crippen molar-refractivity contribution in [1.29, 1.82) is 0 Å². The molecule has 3 N–H and O–H groups in total. The van der Waals surface area contributed by atoms with Gasteiger partial charge < -0.3 is 28.1 Å². The molecule has 38 heteroatoms. The van der Waals surface area contributed by atoms with Gasteiger partial charge in [-0.05, 0) is 103 Å². The predicted octanol–water partition coefficient (Wildman–Crippen LogP) is -10.8. The molecule has 0 saturated carbocycles. The molecule has 1 aromatic heterocycles. The van der Waals surface area contributed by atoms with Gasteiger partial charge in [0.05, 0.1) is 74.5 Å². The molecule has 0 aliphatic carbocycles. The average Bonchev–Trinajstić information content (AvgIpc) is 3.28. The van der Waals surface area contributed by atoms with E-state index in [2.05, 4.69) is 50.7 Å². The molecule has 7 rings (SSSR count). The fraction of sp³-hybridized carbons (Fsp3) is 0.0750. The maximum atomic E-state index is 12.9. The summed E-state index contributed by atoms with van der Waals surface area (Å²) in [5, 5.41) is 19.7. The molecular weight excluding hydrogens is 1200 g/mol. The first kappa shape index (κ1) is 71.8. The fourth-order valence-electron chi connectivity index (χ4n) is 6.42. The van der Waals surface area contributed by atoms with Crippen molar-refractivity contribution >= 4 is 117 Å². The number of azo groups is 2. The maximum Gasteiger partial charge on any atom is 1.00 e. The Morgan fingerprint density at radius 3 is 1.63 bits per heavy atom. The summed E-state index contributed by atoms with van der Waals surface area (Å²) in [6, 6.07) is 21.8. The molecule has 78 heavy (non-hydrogen) atoms. The van der Waals surface area contributed by atoms with Gasteiger partial charge in [-0.1, -0.05) is 24.3 Å². The number of nitrogens with zero attached hydrogens (tertiary/aromatic N) is 7. The van der Waals surface area contributed by atoms with Gasteiger partial charge in [0, 0.05) is 16.5 Å². The number of aryl methyl sites for hydroxylation is 1. The van der Waals surface area contributed by atoms with E-state index < -0.39 is 113 Å². The molecule has 382 valence electrons. The van der Waals surface area contributed by atoms with E-state index in [1.165, 1.54) is 66.7 Å². The van der Waals surface area contributed by atoms with Gasteiger partial charge >= 0.3 is 148 Å². The molecule has 7 aromatic rings. The van der Waals surface area contributed by atoms with E-state index in [0.29, 0.717) is 23.8 Å². The van der Waals surface area contributed by atoms with Crippen LogP contribution in [0.15, 0.2) is 170 Å². The minimum Gasteiger partial charge on any atom is -0.748 e. The van der Waals surface area contributed by atoms with Gasteiger partial charge in [0.2, 0.25) is 17.2 Å². The van der Waals surface area contributed by atoms with Crippen LogP contribution in [0.25, 0.3) is 10.8 Å². The van der Waals surface area contributed by atoms with Crippen LogP contribution in [0.5, 0.6) is 0 Å². The first-order valence-corrected chi connectivity index (χ1v) is 28.7. The Labute approximate surface area is 555 Å². The molecule has 0 saturated heterocycles. The predicted molar refractivity (Wildman–Crippen MR) is 248 cm³/mol. The van der Waals surface area contributed by atoms with Crippen LogP contribution >= 0.6 is 0 Å². The summed E-state index contributed by atoms with van der Waals surface area (Å²) in [5.41, 5.74) is -1.15. The first-order chi connectivity index (χ1) is 33.9. The van der Waals surface area contributed by atoms with E-state index in [9.17, 15) is 73.3 Å². The zero-order valence-corrected chi connectivity index (χ0v) is 56.3. The summed E-state index contributed by atoms with van der Waals surface area (Å²) < 4.78 is 202. The smallest absolute Gasteiger partial charge is 0.748 e. The van der Waals surface area contributed by atoms with Gasteiger partial charge in [-0.3, -0.25) is 9.97 Å². The van der Waals surface area contributed by atoms with Gasteiger partial charge in [0.15, 0.2) is 9.84 Å². The van der Waals surface area contributed by atoms with Crippen molar-refractivity contribution in [3.8, 4) is 0 Å². The van der Waals surface area contributed by atoms with Gasteiger partial charge in [-0.2, -0.15) is 10.1 Å². The third-order valence-corrected chi connectivity index (χ3v) is 15.9. The number of H-pyrrole nitrogens is 2. The molecule has 0 radical (unpaired) electrons. The molecule has 0 aliphatic rings. The molecule has 0 unspecified atom stereocenters. The third kappa shape index (κ3) is 19.4. The van der Waals surface area contributed by atoms with Crippen LogP contribution in [0.3, 0.4) is 0 Å². The van der Waals surface area contributed by atoms with Crippen LogP contribution in [-0.2, 0) is 60.4 Å². The summed E-state index contributed by atoms with van der Waals surface area (Å²) in [4.78, 5) is 14.0. The number of fused-ring (bicyclic) bond motifs is 1. The molecule has 0 aliphatic heterocycles. The molecule has 1 heterocycles. The Kier molecular flexibility index (Phi) is 26.5. The number of anilines is 2. The van der Waals surface area contributed by atoms with Crippen LogP contribution in [-0.4, -0.2) is 99.7 Å². The number of aromatic nitrogens is 3. The second-order valence-corrected chi connectivity index (χ2v) is 24.0. The largest absolute Gasteiger partial charge is 1.00 e. The van der Waals surface area contributed by atoms with Crippen LogP contribution in [0, 0.1) is 6.92 Å². The Hall–Kier alpha value is -2.31. The molecule has 0 atom stereocenters. The maximum absolute atomic E-state index is 12.9. The first-order valence-electron chi connectivity index (χ1n) is 19.8. The van der Waals surface area contributed by atoms with Crippen LogP contribution in [0.1, 0.15) is 5.56 Å². The minimum absolute atomic E-state index is 0. The average molecular weight is 1230 g/mol. The fourth-order valence-corrected chi connectivity index (χ4v) is 11.1. The normalized spacial score (nSPS) is 12.7. The van der Waals surface area contributed by atoms with E-state index in [-0.39, 0.29) is 199 Å². The number of nitrogens with one attached hydrogen (secondary N) is 3. The van der Waals surface area contributed by atoms with E-state index >= 15 is 0 Å². The minimum atomic E-state index is -5.36. The Bertz CT molecular complexity index is 4340. The summed E-state index contributed by atoms with van der Waals surface area (Å²) in [6.07, 6.45) is 0. The summed E-state index contributed by atoms with van der Waals surface area (Å²) in [6.45, 7) is 1.61. The SMILES string of the molecule is Cc1cc(Nc2nc(=Nc3cccc(S(=O)(=O)CCS(=O)(=O)[O-])c3)[nH]c(=Nc3cc(S(=O)(=O)[O-])ccc3S(=O)(=O)[O-])[nH]2)ccc1N=Nc1ccc(N=Nc2ccccc2S(=O)(=O)[O-])c2cc(S(=O)(=O)[O-])ccc12.[Na+].[Na+].[Na+].[Na+].[Na+]. The Morgan fingerprint density at radius 2 is 1.03 bits per heavy atom. The third-order valence-electron chi connectivity index (χ3n) is 9.77. The van der Waals surface area contributed by atoms with Gasteiger partial charge in [-0.15, -0.1) is 15.3 Å². The Morgan fingerprint density at radius 1 is 0.474 bits per heavy atom. The van der Waals surface area contributed by atoms with Crippen molar-refractivity contribution in [2.24, 2.45) is 30.4 Å². The van der Waals surface area contributed by atoms with Crippen molar-refractivity contribution in [2.75, 3.05) is 16.8 Å². The van der Waals surface area contributed by atoms with Gasteiger partial charge in [-0.25, -0.2) is 60.5 Å². The quantitative estimate of drug-likeness (QED) is 0.0459. The number of sulfone groups is 1. The molecular formula is C40H29N10Na5O17S6. The zero-order valence-electron chi connectivity index (χ0n) is 41.4. The zero-order chi connectivity index (χ0) is 53.3. The molecule has 0 fully saturated rings. The van der Waals surface area contributed by atoms with Gasteiger partial charge in [0.1, 0.15) is 46.2 Å². The summed E-state index contributed by atoms with van der Waals surface area (Å²) >= 11 is 0. The molecule has 0 amide bonds. The van der Waals surface area contributed by atoms with Crippen molar-refractivity contribution in [1.82, 2.24) is 15.0 Å². The molecule has 0 spiro atoms. The second kappa shape index (κ2) is 28.8. The van der Waals surface area contributed by atoms with E-state index in [1.54, 1.807) is 6.92 Å². The molecule has 0 bridgehead atoms. The second-order valence-electron chi connectivity index (χ2n) is 14.9. The van der Waals surface area contributed by atoms with E-state index in [1.807, 2.05) is 0 Å². The van der Waals surface area contributed by atoms with Gasteiger partial charge in [0.25, 0.3) is 0 Å². The summed E-state index contributed by atoms with van der Waals surface area (Å²) in [5.74, 6) is -2.53. The number of benzene rings is 6. The van der Waals surface area contributed by atoms with Crippen molar-refractivity contribution in [3.63, 3.8) is 0 Å². The van der Waals surface area contributed by atoms with Crippen molar-refractivity contribution in [3.05, 3.63) is 132 Å². The number of hydrogen-bond donors (Lipinski definition) is 3. The standard InChI is InChI=1S/C40H34N10O17S6.5Na/c1-23-19-25(9-13-31(23)47-48-32-14-15-33(30-21-27(70(56,57)58)10-12-29(30)32)49-50-34-7-2-3-8-36(34)72(62,63)64)42-39-44-38(41-24-5-4-6-26(20-24)68(51,52)17-18-69(53,54)55)45-40(46-39)43-35-22-28(71(59,60)61)11-16-37(35)73(65,66)67;;;;;/h2-16,19-22H,17-18H2,1H3,(H,53,54,55)(H,56,57,58)(H,59,60,61)(H,62,63,64)(H,65,66,67)(H3,41,42,43,44,45,46);;;;;/q;5*+1/p-5. The monoisotopic (exact) mass is 1230 g/mol. The number of hydrogen-bond acceptors (Lipinski definition) is 25.